The lowest BCUT2D eigenvalue weighted by Gasteiger charge is -2.22. The van der Waals surface area contributed by atoms with Crippen LogP contribution in [0.3, 0.4) is 0 Å². The average Bonchev–Trinajstić information content (AvgIpc) is 2.25. The Balaban J connectivity index is 3.15. The normalized spacial score (nSPS) is 11.2. The van der Waals surface area contributed by atoms with E-state index in [1.807, 2.05) is 0 Å². The van der Waals surface area contributed by atoms with Gasteiger partial charge in [-0.1, -0.05) is 18.7 Å². The van der Waals surface area contributed by atoms with E-state index >= 15 is 0 Å². The molecule has 18 heavy (non-hydrogen) atoms. The van der Waals surface area contributed by atoms with Gasteiger partial charge in [-0.3, -0.25) is 4.99 Å². The number of hydrogen-bond donors (Lipinski definition) is 1. The minimum atomic E-state index is -1.20. The number of aliphatic imine (C=N–C) groups is 1. The van der Waals surface area contributed by atoms with Gasteiger partial charge in [0.1, 0.15) is 11.5 Å². The molecule has 0 atom stereocenters. The fourth-order valence-corrected chi connectivity index (χ4v) is 1.51. The van der Waals surface area contributed by atoms with Crippen molar-refractivity contribution >= 4 is 31.1 Å². The highest BCUT2D eigenvalue weighted by Gasteiger charge is 2.25. The third-order valence-electron chi connectivity index (χ3n) is 2.24. The van der Waals surface area contributed by atoms with E-state index in [0.29, 0.717) is 11.0 Å². The van der Waals surface area contributed by atoms with Gasteiger partial charge in [0, 0.05) is 11.2 Å². The van der Waals surface area contributed by atoms with Gasteiger partial charge in [0.25, 0.3) is 0 Å². The lowest BCUT2D eigenvalue weighted by molar-refractivity contribution is 0.107. The van der Waals surface area contributed by atoms with E-state index < -0.39 is 18.5 Å². The van der Waals surface area contributed by atoms with E-state index in [1.165, 1.54) is 12.1 Å². The first-order valence-electron chi connectivity index (χ1n) is 5.57. The van der Waals surface area contributed by atoms with Gasteiger partial charge in [0.15, 0.2) is 0 Å². The Morgan fingerprint density at radius 2 is 2.06 bits per heavy atom. The maximum atomic E-state index is 13.7. The van der Waals surface area contributed by atoms with Gasteiger partial charge < -0.3 is 9.68 Å². The summed E-state index contributed by atoms with van der Waals surface area (Å²) >= 11 is 0. The van der Waals surface area contributed by atoms with Gasteiger partial charge >= 0.3 is 7.12 Å². The summed E-state index contributed by atoms with van der Waals surface area (Å²) in [6, 6.07) is 2.77. The third kappa shape index (κ3) is 3.52. The molecule has 0 aliphatic carbocycles. The third-order valence-corrected chi connectivity index (χ3v) is 2.24. The summed E-state index contributed by atoms with van der Waals surface area (Å²) in [5, 5.41) is 9.89. The summed E-state index contributed by atoms with van der Waals surface area (Å²) in [5.41, 5.74) is 0.387. The molecule has 0 spiro atoms. The molecule has 0 bridgehead atoms. The van der Waals surface area contributed by atoms with Crippen LogP contribution >= 0.6 is 0 Å². The molecule has 1 rings (SSSR count). The van der Waals surface area contributed by atoms with E-state index in [1.54, 1.807) is 26.8 Å². The molecule has 0 fully saturated rings. The van der Waals surface area contributed by atoms with E-state index in [9.17, 15) is 9.41 Å². The molecule has 0 heterocycles. The first-order valence-corrected chi connectivity index (χ1v) is 5.57. The second-order valence-corrected chi connectivity index (χ2v) is 4.89. The monoisotopic (exact) mass is 249 g/mol. The molecule has 1 N–H and O–H groups in total. The number of benzene rings is 1. The van der Waals surface area contributed by atoms with Crippen molar-refractivity contribution in [1.82, 2.24) is 0 Å². The molecular weight excluding hydrogens is 232 g/mol. The van der Waals surface area contributed by atoms with Crippen LogP contribution in [-0.2, 0) is 4.65 Å². The quantitative estimate of drug-likeness (QED) is 0.657. The first-order chi connectivity index (χ1) is 8.28. The fourth-order valence-electron chi connectivity index (χ4n) is 1.51. The predicted octanol–water partition coefficient (Wildman–Crippen LogP) is 2.30. The lowest BCUT2D eigenvalue weighted by Crippen LogP contribution is -2.40. The molecule has 0 unspecified atom stereocenters. The van der Waals surface area contributed by atoms with Crippen LogP contribution in [0.25, 0.3) is 6.08 Å². The van der Waals surface area contributed by atoms with Crippen LogP contribution in [0.4, 0.5) is 10.1 Å². The number of rotatable bonds is 4. The van der Waals surface area contributed by atoms with E-state index in [-0.39, 0.29) is 5.69 Å². The zero-order valence-electron chi connectivity index (χ0n) is 10.9. The van der Waals surface area contributed by atoms with Gasteiger partial charge in [-0.05, 0) is 39.0 Å². The minimum Gasteiger partial charge on any atom is -0.423 e. The maximum Gasteiger partial charge on any atom is 0.491 e. The fraction of sp³-hybridized carbons (Fsp3) is 0.308. The van der Waals surface area contributed by atoms with Crippen molar-refractivity contribution in [2.24, 2.45) is 4.99 Å². The molecule has 5 heteroatoms. The Morgan fingerprint density at radius 1 is 1.44 bits per heavy atom. The van der Waals surface area contributed by atoms with Crippen LogP contribution in [0.2, 0.25) is 0 Å². The first kappa shape index (κ1) is 14.6. The Kier molecular flexibility index (Phi) is 4.43. The summed E-state index contributed by atoms with van der Waals surface area (Å²) in [6.45, 7) is 12.3. The van der Waals surface area contributed by atoms with Crippen molar-refractivity contribution in [2.75, 3.05) is 0 Å². The zero-order chi connectivity index (χ0) is 13.9. The molecule has 0 aliphatic rings. The summed E-state index contributed by atoms with van der Waals surface area (Å²) in [5.74, 6) is -0.561. The van der Waals surface area contributed by atoms with Crippen molar-refractivity contribution in [3.05, 3.63) is 30.1 Å². The highest BCUT2D eigenvalue weighted by Crippen LogP contribution is 2.23. The number of hydrogen-bond acceptors (Lipinski definition) is 3. The Labute approximate surface area is 107 Å². The molecule has 0 radical (unpaired) electrons. The van der Waals surface area contributed by atoms with Gasteiger partial charge in [0.2, 0.25) is 0 Å². The molecular formula is C13H17BFNO2. The molecule has 3 nitrogen and oxygen atoms in total. The van der Waals surface area contributed by atoms with Crippen LogP contribution in [0.1, 0.15) is 26.3 Å². The molecule has 0 saturated heterocycles. The second kappa shape index (κ2) is 5.46. The SMILES string of the molecule is C=Cc1cc(B(O)OC(C)(C)C)cc(F)c1N=C. The van der Waals surface area contributed by atoms with Gasteiger partial charge in [-0.15, -0.1) is 0 Å². The van der Waals surface area contributed by atoms with E-state index in [4.69, 9.17) is 4.65 Å². The summed E-state index contributed by atoms with van der Waals surface area (Å²) < 4.78 is 19.1. The van der Waals surface area contributed by atoms with Crippen molar-refractivity contribution in [3.8, 4) is 0 Å². The zero-order valence-corrected chi connectivity index (χ0v) is 10.9. The molecule has 1 aromatic carbocycles. The summed E-state index contributed by atoms with van der Waals surface area (Å²) in [6.07, 6.45) is 1.46. The topological polar surface area (TPSA) is 41.8 Å². The lowest BCUT2D eigenvalue weighted by atomic mass is 9.77. The predicted molar refractivity (Wildman–Crippen MR) is 74.1 cm³/mol. The van der Waals surface area contributed by atoms with Crippen LogP contribution in [0, 0.1) is 5.82 Å². The van der Waals surface area contributed by atoms with Crippen molar-refractivity contribution in [3.63, 3.8) is 0 Å². The van der Waals surface area contributed by atoms with Crippen LogP contribution in [-0.4, -0.2) is 24.5 Å². The number of halogens is 1. The Hall–Kier alpha value is -1.46. The summed E-state index contributed by atoms with van der Waals surface area (Å²) in [4.78, 5) is 3.60. The Morgan fingerprint density at radius 3 is 2.50 bits per heavy atom. The molecule has 1 aromatic rings. The van der Waals surface area contributed by atoms with Gasteiger partial charge in [-0.25, -0.2) is 4.39 Å². The molecule has 0 aromatic heterocycles. The van der Waals surface area contributed by atoms with E-state index in [0.717, 1.165) is 0 Å². The molecule has 0 aliphatic heterocycles. The van der Waals surface area contributed by atoms with Gasteiger partial charge in [-0.2, -0.15) is 0 Å². The highest BCUT2D eigenvalue weighted by molar-refractivity contribution is 6.60. The minimum absolute atomic E-state index is 0.122. The molecule has 0 amide bonds. The van der Waals surface area contributed by atoms with Gasteiger partial charge in [0.05, 0.1) is 0 Å². The maximum absolute atomic E-state index is 13.7. The number of nitrogens with zero attached hydrogens (tertiary/aromatic N) is 1. The van der Waals surface area contributed by atoms with Crippen LogP contribution in [0.15, 0.2) is 23.7 Å². The van der Waals surface area contributed by atoms with E-state index in [2.05, 4.69) is 18.3 Å². The second-order valence-electron chi connectivity index (χ2n) is 4.89. The Bertz CT molecular complexity index is 469. The van der Waals surface area contributed by atoms with Crippen molar-refractivity contribution in [2.45, 2.75) is 26.4 Å². The highest BCUT2D eigenvalue weighted by atomic mass is 19.1. The summed E-state index contributed by atoms with van der Waals surface area (Å²) in [7, 11) is -1.20. The molecule has 0 saturated carbocycles. The van der Waals surface area contributed by atoms with Crippen molar-refractivity contribution < 1.29 is 14.1 Å². The standard InChI is InChI=1S/C13H17BFNO2/c1-6-9-7-10(8-11(15)12(9)16-5)14(17)18-13(2,3)4/h6-8,17H,1,5H2,2-4H3. The molecule has 96 valence electrons. The largest absolute Gasteiger partial charge is 0.491 e. The average molecular weight is 249 g/mol. The smallest absolute Gasteiger partial charge is 0.423 e. The van der Waals surface area contributed by atoms with Crippen molar-refractivity contribution in [1.29, 1.82) is 0 Å². The van der Waals surface area contributed by atoms with Crippen LogP contribution < -0.4 is 5.46 Å². The van der Waals surface area contributed by atoms with Crippen LogP contribution in [0.5, 0.6) is 0 Å².